The van der Waals surface area contributed by atoms with Crippen molar-refractivity contribution >= 4 is 31.9 Å². The quantitative estimate of drug-likeness (QED) is 0.709. The number of piperazine rings is 1. The topological polar surface area (TPSA) is 70.9 Å². The van der Waals surface area contributed by atoms with E-state index in [1.54, 1.807) is 24.3 Å². The molecule has 1 atom stereocenters. The van der Waals surface area contributed by atoms with Crippen LogP contribution in [0.25, 0.3) is 0 Å². The molecule has 0 aromatic heterocycles. The predicted octanol–water partition coefficient (Wildman–Crippen LogP) is 0.00540. The highest BCUT2D eigenvalue weighted by atomic mass is 79.9. The lowest BCUT2D eigenvalue weighted by atomic mass is 10.2. The Labute approximate surface area is 151 Å². The summed E-state index contributed by atoms with van der Waals surface area (Å²) in [6.07, 6.45) is 2.15. The molecule has 1 heterocycles. The maximum Gasteiger partial charge on any atom is 0.278 e. The molecular weight excluding hydrogens is 394 g/mol. The molecule has 6 nitrogen and oxygen atoms in total. The zero-order valence-corrected chi connectivity index (χ0v) is 16.1. The van der Waals surface area contributed by atoms with Crippen LogP contribution in [0, 0.1) is 0 Å². The smallest absolute Gasteiger partial charge is 0.278 e. The van der Waals surface area contributed by atoms with E-state index in [1.165, 1.54) is 4.31 Å². The van der Waals surface area contributed by atoms with E-state index in [9.17, 15) is 13.2 Å². The normalized spacial score (nSPS) is 21.4. The summed E-state index contributed by atoms with van der Waals surface area (Å²) in [6, 6.07) is 6.99. The number of nitrogens with zero attached hydrogens (tertiary/aromatic N) is 1. The van der Waals surface area contributed by atoms with Gasteiger partial charge in [0.2, 0.25) is 10.0 Å². The summed E-state index contributed by atoms with van der Waals surface area (Å²) < 4.78 is 27.7. The molecule has 2 aliphatic rings. The number of hydrogen-bond donors (Lipinski definition) is 2. The second kappa shape index (κ2) is 7.11. The third-order valence-corrected chi connectivity index (χ3v) is 7.12. The molecule has 1 saturated carbocycles. The fourth-order valence-corrected chi connectivity index (χ4v) is 5.00. The Morgan fingerprint density at radius 2 is 2.00 bits per heavy atom. The van der Waals surface area contributed by atoms with Crippen molar-refractivity contribution < 1.29 is 18.1 Å². The number of quaternary nitrogens is 1. The number of hydrogen-bond acceptors (Lipinski definition) is 3. The molecule has 3 rings (SSSR count). The number of amides is 1. The van der Waals surface area contributed by atoms with E-state index in [2.05, 4.69) is 21.2 Å². The van der Waals surface area contributed by atoms with Gasteiger partial charge in [0, 0.05) is 10.5 Å². The monoisotopic (exact) mass is 416 g/mol. The summed E-state index contributed by atoms with van der Waals surface area (Å²) in [5.74, 6) is 0.0794. The van der Waals surface area contributed by atoms with Crippen molar-refractivity contribution in [3.05, 3.63) is 28.7 Å². The number of sulfonamides is 1. The molecule has 132 valence electrons. The largest absolute Gasteiger partial charge is 0.348 e. The minimum Gasteiger partial charge on any atom is -0.348 e. The first kappa shape index (κ1) is 17.8. The number of carbonyl (C=O) groups excluding carboxylic acids is 1. The molecule has 0 bridgehead atoms. The van der Waals surface area contributed by atoms with Crippen LogP contribution in [0.2, 0.25) is 0 Å². The van der Waals surface area contributed by atoms with Gasteiger partial charge in [-0.2, -0.15) is 4.31 Å². The Bertz CT molecular complexity index is 713. The second-order valence-corrected chi connectivity index (χ2v) is 9.38. The first-order valence-corrected chi connectivity index (χ1v) is 10.5. The van der Waals surface area contributed by atoms with Crippen molar-refractivity contribution in [2.45, 2.75) is 36.7 Å². The number of halogens is 1. The second-order valence-electron chi connectivity index (χ2n) is 6.52. The Morgan fingerprint density at radius 1 is 1.33 bits per heavy atom. The molecule has 0 unspecified atom stereocenters. The van der Waals surface area contributed by atoms with Crippen LogP contribution in [0.4, 0.5) is 0 Å². The van der Waals surface area contributed by atoms with Crippen LogP contribution in [-0.4, -0.2) is 56.9 Å². The van der Waals surface area contributed by atoms with Crippen LogP contribution < -0.4 is 10.2 Å². The lowest BCUT2D eigenvalue weighted by Crippen LogP contribution is -3.19. The molecule has 1 aliphatic heterocycles. The zero-order valence-electron chi connectivity index (χ0n) is 13.7. The SMILES string of the molecule is C[C@@H](C(=O)NC1CC1)[NH+]1CCN(S(=O)(=O)c2cccc(Br)c2)CC1. The first-order valence-electron chi connectivity index (χ1n) is 8.28. The van der Waals surface area contributed by atoms with E-state index in [1.807, 2.05) is 6.92 Å². The van der Waals surface area contributed by atoms with Gasteiger partial charge in [0.25, 0.3) is 5.91 Å². The van der Waals surface area contributed by atoms with E-state index in [4.69, 9.17) is 0 Å². The molecule has 0 spiro atoms. The van der Waals surface area contributed by atoms with Crippen molar-refractivity contribution in [2.24, 2.45) is 0 Å². The fraction of sp³-hybridized carbons (Fsp3) is 0.562. The van der Waals surface area contributed by atoms with Gasteiger partial charge in [-0.1, -0.05) is 22.0 Å². The summed E-state index contributed by atoms with van der Waals surface area (Å²) in [5, 5.41) is 3.03. The van der Waals surface area contributed by atoms with Crippen LogP contribution in [0.5, 0.6) is 0 Å². The maximum atomic E-state index is 12.7. The molecule has 24 heavy (non-hydrogen) atoms. The number of carbonyl (C=O) groups is 1. The molecule has 2 N–H and O–H groups in total. The zero-order chi connectivity index (χ0) is 17.3. The average molecular weight is 417 g/mol. The van der Waals surface area contributed by atoms with Gasteiger partial charge < -0.3 is 10.2 Å². The van der Waals surface area contributed by atoms with Gasteiger partial charge in [0.1, 0.15) is 0 Å². The van der Waals surface area contributed by atoms with E-state index in [0.29, 0.717) is 37.1 Å². The Morgan fingerprint density at radius 3 is 2.58 bits per heavy atom. The van der Waals surface area contributed by atoms with Gasteiger partial charge in [-0.05, 0) is 38.0 Å². The maximum absolute atomic E-state index is 12.7. The third kappa shape index (κ3) is 3.99. The standard InChI is InChI=1S/C16H22BrN3O3S/c1-12(16(21)18-14-5-6-14)19-7-9-20(10-8-19)24(22,23)15-4-2-3-13(17)11-15/h2-4,11-12,14H,5-10H2,1H3,(H,18,21)/p+1/t12-/m0/s1. The minimum absolute atomic E-state index is 0.0794. The van der Waals surface area contributed by atoms with Crippen molar-refractivity contribution in [1.82, 2.24) is 9.62 Å². The van der Waals surface area contributed by atoms with Gasteiger partial charge in [-0.3, -0.25) is 4.79 Å². The first-order chi connectivity index (χ1) is 11.4. The summed E-state index contributed by atoms with van der Waals surface area (Å²) in [5.41, 5.74) is 0. The Balaban J connectivity index is 1.60. The molecule has 1 aliphatic carbocycles. The van der Waals surface area contributed by atoms with Crippen LogP contribution in [0.15, 0.2) is 33.6 Å². The van der Waals surface area contributed by atoms with Gasteiger partial charge in [-0.15, -0.1) is 0 Å². The van der Waals surface area contributed by atoms with Crippen LogP contribution in [-0.2, 0) is 14.8 Å². The van der Waals surface area contributed by atoms with Crippen LogP contribution >= 0.6 is 15.9 Å². The Kier molecular flexibility index (Phi) is 5.29. The molecule has 0 radical (unpaired) electrons. The third-order valence-electron chi connectivity index (χ3n) is 4.73. The minimum atomic E-state index is -3.47. The summed E-state index contributed by atoms with van der Waals surface area (Å²) in [6.45, 7) is 4.08. The average Bonchev–Trinajstić information content (AvgIpc) is 3.38. The highest BCUT2D eigenvalue weighted by Crippen LogP contribution is 2.20. The predicted molar refractivity (Wildman–Crippen MR) is 94.2 cm³/mol. The molecule has 1 saturated heterocycles. The van der Waals surface area contributed by atoms with Crippen molar-refractivity contribution in [1.29, 1.82) is 0 Å². The number of rotatable bonds is 5. The van der Waals surface area contributed by atoms with Crippen molar-refractivity contribution in [3.8, 4) is 0 Å². The highest BCUT2D eigenvalue weighted by molar-refractivity contribution is 9.10. The van der Waals surface area contributed by atoms with E-state index in [-0.39, 0.29) is 11.9 Å². The molecule has 1 aromatic carbocycles. The molecule has 8 heteroatoms. The highest BCUT2D eigenvalue weighted by Gasteiger charge is 2.35. The fourth-order valence-electron chi connectivity index (χ4n) is 2.96. The number of benzene rings is 1. The molecule has 2 fully saturated rings. The Hall–Kier alpha value is -0.960. The van der Waals surface area contributed by atoms with Crippen molar-refractivity contribution in [2.75, 3.05) is 26.2 Å². The summed E-state index contributed by atoms with van der Waals surface area (Å²) >= 11 is 3.32. The van der Waals surface area contributed by atoms with Crippen molar-refractivity contribution in [3.63, 3.8) is 0 Å². The lowest BCUT2D eigenvalue weighted by molar-refractivity contribution is -0.917. The van der Waals surface area contributed by atoms with Gasteiger partial charge in [0.05, 0.1) is 31.1 Å². The van der Waals surface area contributed by atoms with E-state index >= 15 is 0 Å². The number of nitrogens with one attached hydrogen (secondary N) is 2. The molecule has 1 amide bonds. The summed E-state index contributed by atoms with van der Waals surface area (Å²) in [7, 11) is -3.47. The van der Waals surface area contributed by atoms with Gasteiger partial charge >= 0.3 is 0 Å². The van der Waals surface area contributed by atoms with E-state index < -0.39 is 10.0 Å². The van der Waals surface area contributed by atoms with Crippen LogP contribution in [0.1, 0.15) is 19.8 Å². The molecular formula is C16H23BrN3O3S+. The van der Waals surface area contributed by atoms with Gasteiger partial charge in [0.15, 0.2) is 6.04 Å². The lowest BCUT2D eigenvalue weighted by Gasteiger charge is -2.34. The van der Waals surface area contributed by atoms with Crippen LogP contribution in [0.3, 0.4) is 0 Å². The van der Waals surface area contributed by atoms with Gasteiger partial charge in [-0.25, -0.2) is 8.42 Å². The van der Waals surface area contributed by atoms with E-state index in [0.717, 1.165) is 22.2 Å². The summed E-state index contributed by atoms with van der Waals surface area (Å²) in [4.78, 5) is 13.6. The molecule has 1 aromatic rings.